The van der Waals surface area contributed by atoms with Crippen LogP contribution in [0.4, 0.5) is 5.69 Å². The van der Waals surface area contributed by atoms with E-state index in [0.717, 1.165) is 11.1 Å². The number of aryl methyl sites for hydroxylation is 1. The van der Waals surface area contributed by atoms with Crippen molar-refractivity contribution in [1.82, 2.24) is 34.9 Å². The molecule has 0 aliphatic carbocycles. The number of aromatic nitrogens is 6. The van der Waals surface area contributed by atoms with Crippen LogP contribution in [0.1, 0.15) is 22.8 Å². The number of hydrogen-bond donors (Lipinski definition) is 2. The second kappa shape index (κ2) is 7.64. The molecule has 1 amide bonds. The molecule has 0 bridgehead atoms. The van der Waals surface area contributed by atoms with Gasteiger partial charge in [0, 0.05) is 19.3 Å². The third-order valence-electron chi connectivity index (χ3n) is 4.40. The zero-order chi connectivity index (χ0) is 20.5. The summed E-state index contributed by atoms with van der Waals surface area (Å²) in [5, 5.41) is 15.3. The van der Waals surface area contributed by atoms with E-state index in [9.17, 15) is 4.79 Å². The molecule has 0 spiro atoms. The Morgan fingerprint density at radius 2 is 2.24 bits per heavy atom. The van der Waals surface area contributed by atoms with E-state index in [4.69, 9.17) is 22.1 Å². The minimum Gasteiger partial charge on any atom is -0.397 e. The molecule has 3 N–H and O–H groups in total. The van der Waals surface area contributed by atoms with Crippen molar-refractivity contribution in [2.24, 2.45) is 7.05 Å². The Kier molecular flexibility index (Phi) is 5.03. The third kappa shape index (κ3) is 3.84. The lowest BCUT2D eigenvalue weighted by Crippen LogP contribution is -2.35. The lowest BCUT2D eigenvalue weighted by Gasteiger charge is -2.14. The highest BCUT2D eigenvalue weighted by atomic mass is 35.5. The number of amides is 1. The average molecular weight is 415 g/mol. The molecule has 0 aliphatic rings. The molecule has 4 rings (SSSR count). The van der Waals surface area contributed by atoms with Crippen LogP contribution in [0, 0.1) is 0 Å². The smallest absolute Gasteiger partial charge is 0.257 e. The Morgan fingerprint density at radius 1 is 1.41 bits per heavy atom. The molecule has 10 nitrogen and oxygen atoms in total. The van der Waals surface area contributed by atoms with Gasteiger partial charge in [-0.2, -0.15) is 5.10 Å². The number of fused-ring (bicyclic) bond motifs is 2. The summed E-state index contributed by atoms with van der Waals surface area (Å²) in [6, 6.07) is 5.12. The maximum absolute atomic E-state index is 12.5. The maximum atomic E-state index is 12.5. The molecule has 3 aromatic heterocycles. The maximum Gasteiger partial charge on any atom is 0.257 e. The number of benzene rings is 1. The second-order valence-electron chi connectivity index (χ2n) is 6.73. The van der Waals surface area contributed by atoms with E-state index in [2.05, 4.69) is 25.7 Å². The molecule has 150 valence electrons. The van der Waals surface area contributed by atoms with Gasteiger partial charge in [-0.05, 0) is 30.7 Å². The Labute approximate surface area is 170 Å². The van der Waals surface area contributed by atoms with Gasteiger partial charge in [0.15, 0.2) is 5.65 Å². The summed E-state index contributed by atoms with van der Waals surface area (Å²) in [6.07, 6.45) is 3.11. The van der Waals surface area contributed by atoms with Crippen molar-refractivity contribution >= 4 is 39.9 Å². The number of hydrogen-bond acceptors (Lipinski definition) is 7. The van der Waals surface area contributed by atoms with Crippen molar-refractivity contribution < 1.29 is 9.53 Å². The van der Waals surface area contributed by atoms with Gasteiger partial charge in [-0.1, -0.05) is 16.8 Å². The van der Waals surface area contributed by atoms with Crippen molar-refractivity contribution in [3.8, 4) is 0 Å². The van der Waals surface area contributed by atoms with E-state index >= 15 is 0 Å². The number of anilines is 1. The molecule has 29 heavy (non-hydrogen) atoms. The fraction of sp³-hybridized carbons (Fsp3) is 0.278. The number of nitrogens with two attached hydrogens (primary N) is 1. The fourth-order valence-electron chi connectivity index (χ4n) is 3.00. The second-order valence-corrected chi connectivity index (χ2v) is 7.12. The fourth-order valence-corrected chi connectivity index (χ4v) is 3.14. The van der Waals surface area contributed by atoms with Crippen molar-refractivity contribution in [3.63, 3.8) is 0 Å². The minimum absolute atomic E-state index is 0.226. The van der Waals surface area contributed by atoms with Gasteiger partial charge >= 0.3 is 0 Å². The van der Waals surface area contributed by atoms with Crippen LogP contribution < -0.4 is 11.1 Å². The number of carbonyl (C=O) groups excluding carboxylic acids is 1. The monoisotopic (exact) mass is 414 g/mol. The highest BCUT2D eigenvalue weighted by molar-refractivity contribution is 6.29. The van der Waals surface area contributed by atoms with E-state index in [1.165, 1.54) is 10.7 Å². The van der Waals surface area contributed by atoms with Crippen LogP contribution in [0.15, 0.2) is 30.6 Å². The molecule has 3 heterocycles. The normalized spacial score (nSPS) is 12.5. The SMILES string of the molecule is CC(COCc1cc(N)c2nnn(C)c2c1)NC(=O)c1cnn2ccc(Cl)nc12. The largest absolute Gasteiger partial charge is 0.397 e. The van der Waals surface area contributed by atoms with Crippen LogP contribution in [0.5, 0.6) is 0 Å². The molecule has 1 aromatic carbocycles. The molecule has 4 aromatic rings. The van der Waals surface area contributed by atoms with Gasteiger partial charge in [0.2, 0.25) is 0 Å². The molecule has 0 saturated heterocycles. The third-order valence-corrected chi connectivity index (χ3v) is 4.61. The molecule has 1 atom stereocenters. The number of nitrogen functional groups attached to an aromatic ring is 1. The Morgan fingerprint density at radius 3 is 3.07 bits per heavy atom. The van der Waals surface area contributed by atoms with Gasteiger partial charge < -0.3 is 15.8 Å². The molecular weight excluding hydrogens is 396 g/mol. The van der Waals surface area contributed by atoms with Crippen molar-refractivity contribution in [2.75, 3.05) is 12.3 Å². The quantitative estimate of drug-likeness (QED) is 0.362. The first kappa shape index (κ1) is 19.1. The number of nitrogens with one attached hydrogen (secondary N) is 1. The first-order chi connectivity index (χ1) is 13.9. The number of rotatable bonds is 6. The molecule has 11 heteroatoms. The Hall–Kier alpha value is -3.24. The minimum atomic E-state index is -0.294. The number of nitrogens with zero attached hydrogens (tertiary/aromatic N) is 6. The van der Waals surface area contributed by atoms with Crippen LogP contribution >= 0.6 is 11.6 Å². The number of ether oxygens (including phenoxy) is 1. The molecule has 0 saturated carbocycles. The summed E-state index contributed by atoms with van der Waals surface area (Å²) in [7, 11) is 1.81. The molecule has 0 radical (unpaired) electrons. The summed E-state index contributed by atoms with van der Waals surface area (Å²) in [6.45, 7) is 2.52. The van der Waals surface area contributed by atoms with Crippen molar-refractivity contribution in [1.29, 1.82) is 0 Å². The van der Waals surface area contributed by atoms with Crippen molar-refractivity contribution in [2.45, 2.75) is 19.6 Å². The highest BCUT2D eigenvalue weighted by Gasteiger charge is 2.16. The summed E-state index contributed by atoms with van der Waals surface area (Å²) < 4.78 is 8.91. The van der Waals surface area contributed by atoms with Crippen LogP contribution in [0.25, 0.3) is 16.7 Å². The molecule has 1 unspecified atom stereocenters. The Bertz CT molecular complexity index is 1200. The van der Waals surface area contributed by atoms with Gasteiger partial charge in [-0.25, -0.2) is 14.2 Å². The summed E-state index contributed by atoms with van der Waals surface area (Å²) in [5.41, 5.74) is 9.73. The molecule has 0 fully saturated rings. The zero-order valence-corrected chi connectivity index (χ0v) is 16.6. The van der Waals surface area contributed by atoms with E-state index in [-0.39, 0.29) is 11.9 Å². The topological polar surface area (TPSA) is 125 Å². The lowest BCUT2D eigenvalue weighted by atomic mass is 10.2. The van der Waals surface area contributed by atoms with Crippen LogP contribution in [0.2, 0.25) is 5.15 Å². The predicted molar refractivity (Wildman–Crippen MR) is 108 cm³/mol. The lowest BCUT2D eigenvalue weighted by molar-refractivity contribution is 0.0822. The summed E-state index contributed by atoms with van der Waals surface area (Å²) >= 11 is 5.91. The van der Waals surface area contributed by atoms with Crippen LogP contribution in [0.3, 0.4) is 0 Å². The van der Waals surface area contributed by atoms with Crippen LogP contribution in [-0.4, -0.2) is 48.1 Å². The van der Waals surface area contributed by atoms with E-state index in [0.29, 0.717) is 40.8 Å². The average Bonchev–Trinajstić information content (AvgIpc) is 3.25. The van der Waals surface area contributed by atoms with E-state index in [1.807, 2.05) is 19.1 Å². The van der Waals surface area contributed by atoms with E-state index < -0.39 is 0 Å². The highest BCUT2D eigenvalue weighted by Crippen LogP contribution is 2.21. The van der Waals surface area contributed by atoms with Gasteiger partial charge in [0.25, 0.3) is 5.91 Å². The van der Waals surface area contributed by atoms with Gasteiger partial charge in [-0.15, -0.1) is 5.10 Å². The van der Waals surface area contributed by atoms with Gasteiger partial charge in [0.1, 0.15) is 16.2 Å². The number of halogens is 1. The predicted octanol–water partition coefficient (Wildman–Crippen LogP) is 1.58. The first-order valence-electron chi connectivity index (χ1n) is 8.88. The van der Waals surface area contributed by atoms with E-state index in [1.54, 1.807) is 24.0 Å². The molecular formula is C18H19ClN8O2. The van der Waals surface area contributed by atoms with Gasteiger partial charge in [-0.3, -0.25) is 4.79 Å². The first-order valence-corrected chi connectivity index (χ1v) is 9.26. The summed E-state index contributed by atoms with van der Waals surface area (Å²) in [4.78, 5) is 16.7. The van der Waals surface area contributed by atoms with Crippen molar-refractivity contribution in [3.05, 3.63) is 46.9 Å². The summed E-state index contributed by atoms with van der Waals surface area (Å²) in [5.74, 6) is -0.294. The molecule has 0 aliphatic heterocycles. The number of carbonyl (C=O) groups is 1. The van der Waals surface area contributed by atoms with Crippen LogP contribution in [-0.2, 0) is 18.4 Å². The zero-order valence-electron chi connectivity index (χ0n) is 15.8. The standard InChI is InChI=1S/C18H19ClN8O2/c1-10(22-18(28)12-7-21-27-4-3-15(19)23-17(12)27)8-29-9-11-5-13(20)16-14(6-11)26(2)25-24-16/h3-7,10H,8-9,20H2,1-2H3,(H,22,28). The van der Waals surface area contributed by atoms with Gasteiger partial charge in [0.05, 0.1) is 30.6 Å². The Balaban J connectivity index is 1.36.